The highest BCUT2D eigenvalue weighted by Crippen LogP contribution is 2.58. The van der Waals surface area contributed by atoms with E-state index in [4.69, 9.17) is 4.99 Å². The number of para-hydroxylation sites is 1. The highest BCUT2D eigenvalue weighted by atomic mass is 32.1. The molecule has 36 heavy (non-hydrogen) atoms. The number of amides is 1. The van der Waals surface area contributed by atoms with E-state index in [9.17, 15) is 4.79 Å². The van der Waals surface area contributed by atoms with Crippen LogP contribution in [-0.2, 0) is 0 Å². The zero-order valence-electron chi connectivity index (χ0n) is 20.9. The number of hydrogen-bond acceptors (Lipinski definition) is 6. The molecule has 1 amide bonds. The van der Waals surface area contributed by atoms with E-state index in [0.29, 0.717) is 11.7 Å². The summed E-state index contributed by atoms with van der Waals surface area (Å²) in [6.07, 6.45) is 5.51. The van der Waals surface area contributed by atoms with Gasteiger partial charge in [-0.2, -0.15) is 0 Å². The molecule has 9 heteroatoms. The Morgan fingerprint density at radius 1 is 1.19 bits per heavy atom. The summed E-state index contributed by atoms with van der Waals surface area (Å²) in [6.45, 7) is 0. The maximum atomic E-state index is 12.8. The van der Waals surface area contributed by atoms with E-state index < -0.39 is 0 Å². The second-order valence-electron chi connectivity index (χ2n) is 10.5. The van der Waals surface area contributed by atoms with Crippen LogP contribution in [0.1, 0.15) is 54.3 Å². The van der Waals surface area contributed by atoms with E-state index in [2.05, 4.69) is 70.8 Å². The van der Waals surface area contributed by atoms with Gasteiger partial charge in [0.1, 0.15) is 16.9 Å². The lowest BCUT2D eigenvalue weighted by atomic mass is 9.82. The van der Waals surface area contributed by atoms with Crippen LogP contribution in [0.5, 0.6) is 0 Å². The normalized spacial score (nSPS) is 28.3. The molecule has 1 spiro atoms. The minimum absolute atomic E-state index is 0.0518. The molecule has 188 valence electrons. The van der Waals surface area contributed by atoms with E-state index in [0.717, 1.165) is 53.6 Å². The van der Waals surface area contributed by atoms with Gasteiger partial charge in [-0.15, -0.1) is 22.7 Å². The number of guanidine groups is 1. The number of nitrogens with one attached hydrogen (secondary N) is 2. The van der Waals surface area contributed by atoms with E-state index in [-0.39, 0.29) is 23.5 Å². The van der Waals surface area contributed by atoms with Gasteiger partial charge in [0.2, 0.25) is 0 Å². The largest absolute Gasteiger partial charge is 0.348 e. The van der Waals surface area contributed by atoms with Crippen LogP contribution in [0.25, 0.3) is 9.88 Å². The lowest BCUT2D eigenvalue weighted by Crippen LogP contribution is -2.46. The van der Waals surface area contributed by atoms with Crippen LogP contribution < -0.4 is 10.6 Å². The van der Waals surface area contributed by atoms with Crippen molar-refractivity contribution < 1.29 is 4.79 Å². The summed E-state index contributed by atoms with van der Waals surface area (Å²) < 4.78 is 0. The molecular weight excluding hydrogens is 488 g/mol. The quantitative estimate of drug-likeness (QED) is 0.479. The molecule has 0 radical (unpaired) electrons. The average Bonchev–Trinajstić information content (AvgIpc) is 3.27. The predicted octanol–water partition coefficient (Wildman–Crippen LogP) is 5.28. The third-order valence-corrected chi connectivity index (χ3v) is 9.77. The second-order valence-corrected chi connectivity index (χ2v) is 12.3. The predicted molar refractivity (Wildman–Crippen MR) is 148 cm³/mol. The fourth-order valence-electron chi connectivity index (χ4n) is 5.80. The van der Waals surface area contributed by atoms with Gasteiger partial charge in [-0.05, 0) is 69.1 Å². The van der Waals surface area contributed by atoms with Crippen LogP contribution in [0.15, 0.2) is 52.2 Å². The van der Waals surface area contributed by atoms with Crippen LogP contribution in [0.4, 0.5) is 5.69 Å². The zero-order valence-corrected chi connectivity index (χ0v) is 22.5. The summed E-state index contributed by atoms with van der Waals surface area (Å²) in [5.74, 6) is 0.902. The van der Waals surface area contributed by atoms with Crippen molar-refractivity contribution in [2.45, 2.75) is 50.4 Å². The van der Waals surface area contributed by atoms with Gasteiger partial charge in [0.05, 0.1) is 10.9 Å². The Labute approximate surface area is 220 Å². The van der Waals surface area contributed by atoms with E-state index in [1.54, 1.807) is 11.3 Å². The van der Waals surface area contributed by atoms with Crippen molar-refractivity contribution in [2.24, 2.45) is 10.4 Å². The Bertz CT molecular complexity index is 1270. The summed E-state index contributed by atoms with van der Waals surface area (Å²) in [7, 11) is 6.35. The number of anilines is 1. The van der Waals surface area contributed by atoms with E-state index in [1.165, 1.54) is 16.9 Å². The van der Waals surface area contributed by atoms with Crippen molar-refractivity contribution in [3.8, 4) is 9.88 Å². The molecular formula is C27H32N6OS2. The molecule has 2 saturated carbocycles. The molecule has 2 aromatic heterocycles. The smallest absolute Gasteiger partial charge is 0.270 e. The molecule has 6 rings (SSSR count). The van der Waals surface area contributed by atoms with Gasteiger partial charge in [0, 0.05) is 29.7 Å². The monoisotopic (exact) mass is 520 g/mol. The van der Waals surface area contributed by atoms with Gasteiger partial charge < -0.3 is 15.5 Å². The van der Waals surface area contributed by atoms with Crippen LogP contribution in [0.2, 0.25) is 0 Å². The Balaban J connectivity index is 1.07. The minimum Gasteiger partial charge on any atom is -0.348 e. The summed E-state index contributed by atoms with van der Waals surface area (Å²) in [5.41, 5.74) is 3.22. The molecule has 3 heterocycles. The van der Waals surface area contributed by atoms with Crippen molar-refractivity contribution in [3.63, 3.8) is 0 Å². The lowest BCUT2D eigenvalue weighted by Gasteiger charge is -2.41. The third-order valence-electron chi connectivity index (χ3n) is 7.89. The third kappa shape index (κ3) is 4.33. The average molecular weight is 521 g/mol. The van der Waals surface area contributed by atoms with Crippen LogP contribution in [0, 0.1) is 5.41 Å². The number of thiazole rings is 1. The molecule has 2 aliphatic carbocycles. The van der Waals surface area contributed by atoms with Crippen molar-refractivity contribution in [1.82, 2.24) is 20.1 Å². The first-order valence-corrected chi connectivity index (χ1v) is 14.3. The molecule has 2 fully saturated rings. The van der Waals surface area contributed by atoms with Gasteiger partial charge >= 0.3 is 0 Å². The molecule has 3 aromatic rings. The Morgan fingerprint density at radius 3 is 2.75 bits per heavy atom. The van der Waals surface area contributed by atoms with Gasteiger partial charge in [0.15, 0.2) is 5.96 Å². The number of aliphatic imine (C=N–C) groups is 1. The lowest BCUT2D eigenvalue weighted by molar-refractivity contribution is 0.0914. The summed E-state index contributed by atoms with van der Waals surface area (Å²) in [6, 6.07) is 13.1. The topological polar surface area (TPSA) is 72.9 Å². The first-order chi connectivity index (χ1) is 17.4. The Hall–Kier alpha value is -2.75. The molecule has 1 aromatic carbocycles. The first kappa shape index (κ1) is 23.6. The molecule has 3 aliphatic rings. The van der Waals surface area contributed by atoms with Gasteiger partial charge in [0.25, 0.3) is 5.91 Å². The summed E-state index contributed by atoms with van der Waals surface area (Å²) >= 11 is 3.18. The van der Waals surface area contributed by atoms with Crippen LogP contribution in [0.3, 0.4) is 0 Å². The van der Waals surface area contributed by atoms with Crippen molar-refractivity contribution >= 4 is 40.2 Å². The van der Waals surface area contributed by atoms with Crippen molar-refractivity contribution in [3.05, 3.63) is 58.4 Å². The summed E-state index contributed by atoms with van der Waals surface area (Å²) in [5, 5.41) is 11.6. The highest BCUT2D eigenvalue weighted by molar-refractivity contribution is 7.20. The van der Waals surface area contributed by atoms with Crippen molar-refractivity contribution in [2.75, 3.05) is 26.5 Å². The number of carbonyl (C=O) groups is 1. The fraction of sp³-hybridized carbons (Fsp3) is 0.444. The van der Waals surface area contributed by atoms with Gasteiger partial charge in [-0.1, -0.05) is 24.3 Å². The second kappa shape index (κ2) is 9.28. The maximum Gasteiger partial charge on any atom is 0.270 e. The zero-order chi connectivity index (χ0) is 24.9. The molecule has 2 unspecified atom stereocenters. The molecule has 2 N–H and O–H groups in total. The number of aromatic nitrogens is 1. The number of fused-ring (bicyclic) bond motifs is 1. The Kier molecular flexibility index (Phi) is 6.09. The molecule has 0 saturated heterocycles. The maximum absolute atomic E-state index is 12.8. The Morgan fingerprint density at radius 2 is 2.00 bits per heavy atom. The molecule has 0 bridgehead atoms. The number of nitrogens with zero attached hydrogens (tertiary/aromatic N) is 4. The molecule has 1 aliphatic heterocycles. The summed E-state index contributed by atoms with van der Waals surface area (Å²) in [4.78, 5) is 28.2. The SMILES string of the molecule is CN(C)C1c2ccccc2NC(=NC2CC23CCC(NC(=O)c2csc(-c4cccs4)n2)CC3)N1C. The number of carbonyl (C=O) groups excluding carboxylic acids is 1. The standard InChI is InChI=1S/C27H32N6OS2/c1-32(2)25-18-7-4-5-8-19(18)30-26(33(25)3)31-22-15-27(22)12-10-17(11-13-27)28-23(34)20-16-36-24(29-20)21-9-6-14-35-21/h4-9,14,16-17,22,25H,10-13,15H2,1-3H3,(H,28,34)(H,30,31). The number of thiophene rings is 1. The van der Waals surface area contributed by atoms with Crippen LogP contribution >= 0.6 is 22.7 Å². The van der Waals surface area contributed by atoms with E-state index >= 15 is 0 Å². The molecule has 2 atom stereocenters. The number of benzene rings is 1. The fourth-order valence-corrected chi connectivity index (χ4v) is 7.41. The highest BCUT2D eigenvalue weighted by Gasteiger charge is 2.56. The number of hydrogen-bond donors (Lipinski definition) is 2. The van der Waals surface area contributed by atoms with Crippen LogP contribution in [-0.4, -0.2) is 59.9 Å². The van der Waals surface area contributed by atoms with Gasteiger partial charge in [-0.25, -0.2) is 9.98 Å². The number of rotatable bonds is 5. The van der Waals surface area contributed by atoms with Gasteiger partial charge in [-0.3, -0.25) is 9.69 Å². The van der Waals surface area contributed by atoms with Crippen molar-refractivity contribution in [1.29, 1.82) is 0 Å². The molecule has 7 nitrogen and oxygen atoms in total. The van der Waals surface area contributed by atoms with E-state index in [1.807, 2.05) is 22.9 Å². The minimum atomic E-state index is -0.0518. The first-order valence-electron chi connectivity index (χ1n) is 12.6.